The molecule has 2 aromatic heterocycles. The highest BCUT2D eigenvalue weighted by Crippen LogP contribution is 2.32. The van der Waals surface area contributed by atoms with Crippen molar-refractivity contribution in [3.8, 4) is 0 Å². The third kappa shape index (κ3) is 1.28. The zero-order valence-corrected chi connectivity index (χ0v) is 10.7. The molecule has 1 N–H and O–H groups in total. The molecule has 0 aliphatic carbocycles. The Morgan fingerprint density at radius 2 is 1.94 bits per heavy atom. The van der Waals surface area contributed by atoms with E-state index in [1.54, 1.807) is 0 Å². The summed E-state index contributed by atoms with van der Waals surface area (Å²) in [6, 6.07) is 6.39. The fourth-order valence-electron chi connectivity index (χ4n) is 2.16. The summed E-state index contributed by atoms with van der Waals surface area (Å²) in [5.74, 6) is 0. The lowest BCUT2D eigenvalue weighted by Gasteiger charge is -1.97. The molecular formula is C13H11BrN2. The smallest absolute Gasteiger partial charge is 0.0681 e. The number of aryl methyl sites for hydroxylation is 2. The molecule has 0 aliphatic heterocycles. The molecule has 80 valence electrons. The van der Waals surface area contributed by atoms with E-state index >= 15 is 0 Å². The molecule has 2 heterocycles. The highest BCUT2D eigenvalue weighted by molar-refractivity contribution is 9.10. The first-order valence-corrected chi connectivity index (χ1v) is 5.99. The summed E-state index contributed by atoms with van der Waals surface area (Å²) >= 11 is 3.60. The van der Waals surface area contributed by atoms with Crippen LogP contribution in [-0.2, 0) is 0 Å². The van der Waals surface area contributed by atoms with Gasteiger partial charge in [0.15, 0.2) is 0 Å². The number of benzene rings is 1. The van der Waals surface area contributed by atoms with Gasteiger partial charge in [0.2, 0.25) is 0 Å². The molecule has 0 unspecified atom stereocenters. The Bertz CT molecular complexity index is 698. The van der Waals surface area contributed by atoms with E-state index in [1.165, 1.54) is 16.3 Å². The standard InChI is InChI=1S/C13H11BrN2/c1-7-5-10-9-3-4-15-8(2)12(9)16-13(10)11(14)6-7/h3-6,16H,1-2H3. The first-order valence-electron chi connectivity index (χ1n) is 5.20. The minimum Gasteiger partial charge on any atom is -0.352 e. The number of hydrogen-bond donors (Lipinski definition) is 1. The van der Waals surface area contributed by atoms with E-state index in [0.717, 1.165) is 21.2 Å². The van der Waals surface area contributed by atoms with Crippen molar-refractivity contribution in [2.75, 3.05) is 0 Å². The van der Waals surface area contributed by atoms with Crippen LogP contribution in [0.3, 0.4) is 0 Å². The lowest BCUT2D eigenvalue weighted by molar-refractivity contribution is 1.22. The van der Waals surface area contributed by atoms with E-state index in [0.29, 0.717) is 0 Å². The van der Waals surface area contributed by atoms with E-state index in [9.17, 15) is 0 Å². The van der Waals surface area contributed by atoms with Gasteiger partial charge in [-0.15, -0.1) is 0 Å². The lowest BCUT2D eigenvalue weighted by Crippen LogP contribution is -1.80. The average molecular weight is 275 g/mol. The maximum absolute atomic E-state index is 4.31. The highest BCUT2D eigenvalue weighted by Gasteiger charge is 2.09. The maximum atomic E-state index is 4.31. The summed E-state index contributed by atoms with van der Waals surface area (Å²) in [6.45, 7) is 4.13. The van der Waals surface area contributed by atoms with Crippen LogP contribution in [0, 0.1) is 13.8 Å². The average Bonchev–Trinajstić information content (AvgIpc) is 2.59. The summed E-state index contributed by atoms with van der Waals surface area (Å²) < 4.78 is 1.11. The van der Waals surface area contributed by atoms with Crippen molar-refractivity contribution >= 4 is 37.7 Å². The SMILES string of the molecule is Cc1cc(Br)c2[nH]c3c(C)nccc3c2c1. The number of nitrogens with zero attached hydrogens (tertiary/aromatic N) is 1. The van der Waals surface area contributed by atoms with E-state index in [-0.39, 0.29) is 0 Å². The Labute approximate surface area is 102 Å². The second kappa shape index (κ2) is 3.32. The number of pyridine rings is 1. The molecule has 0 saturated carbocycles. The molecule has 0 atom stereocenters. The summed E-state index contributed by atoms with van der Waals surface area (Å²) in [4.78, 5) is 7.74. The number of H-pyrrole nitrogens is 1. The van der Waals surface area contributed by atoms with Crippen LogP contribution in [0.1, 0.15) is 11.3 Å². The topological polar surface area (TPSA) is 28.7 Å². The van der Waals surface area contributed by atoms with Crippen molar-refractivity contribution in [2.24, 2.45) is 0 Å². The van der Waals surface area contributed by atoms with Crippen LogP contribution in [0.4, 0.5) is 0 Å². The molecule has 3 aromatic rings. The number of nitrogens with one attached hydrogen (secondary N) is 1. The summed E-state index contributed by atoms with van der Waals surface area (Å²) in [6.07, 6.45) is 1.86. The van der Waals surface area contributed by atoms with Gasteiger partial charge in [0.25, 0.3) is 0 Å². The van der Waals surface area contributed by atoms with Crippen LogP contribution in [0.15, 0.2) is 28.9 Å². The number of aromatic nitrogens is 2. The molecule has 0 bridgehead atoms. The molecule has 2 nitrogen and oxygen atoms in total. The summed E-state index contributed by atoms with van der Waals surface area (Å²) in [5, 5.41) is 2.50. The van der Waals surface area contributed by atoms with Crippen molar-refractivity contribution in [1.29, 1.82) is 0 Å². The van der Waals surface area contributed by atoms with Crippen molar-refractivity contribution in [1.82, 2.24) is 9.97 Å². The lowest BCUT2D eigenvalue weighted by atomic mass is 10.1. The molecule has 0 saturated heterocycles. The monoisotopic (exact) mass is 274 g/mol. The van der Waals surface area contributed by atoms with Gasteiger partial charge in [-0.05, 0) is 53.5 Å². The number of hydrogen-bond acceptors (Lipinski definition) is 1. The Morgan fingerprint density at radius 1 is 1.12 bits per heavy atom. The Balaban J connectivity index is 2.61. The predicted molar refractivity (Wildman–Crippen MR) is 70.8 cm³/mol. The fourth-order valence-corrected chi connectivity index (χ4v) is 2.83. The van der Waals surface area contributed by atoms with Crippen LogP contribution < -0.4 is 0 Å². The van der Waals surface area contributed by atoms with Gasteiger partial charge in [0.1, 0.15) is 0 Å². The Hall–Kier alpha value is -1.35. The molecule has 0 spiro atoms. The molecule has 3 rings (SSSR count). The molecular weight excluding hydrogens is 264 g/mol. The number of rotatable bonds is 0. The third-order valence-corrected chi connectivity index (χ3v) is 3.54. The first-order chi connectivity index (χ1) is 7.66. The van der Waals surface area contributed by atoms with Crippen molar-refractivity contribution in [3.63, 3.8) is 0 Å². The van der Waals surface area contributed by atoms with Gasteiger partial charge in [-0.25, -0.2) is 0 Å². The Morgan fingerprint density at radius 3 is 2.75 bits per heavy atom. The van der Waals surface area contributed by atoms with E-state index in [4.69, 9.17) is 0 Å². The van der Waals surface area contributed by atoms with Crippen molar-refractivity contribution < 1.29 is 0 Å². The summed E-state index contributed by atoms with van der Waals surface area (Å²) in [7, 11) is 0. The maximum Gasteiger partial charge on any atom is 0.0681 e. The normalized spacial score (nSPS) is 11.4. The van der Waals surface area contributed by atoms with Gasteiger partial charge in [-0.3, -0.25) is 4.98 Å². The van der Waals surface area contributed by atoms with Crippen molar-refractivity contribution in [2.45, 2.75) is 13.8 Å². The van der Waals surface area contributed by atoms with Gasteiger partial charge in [-0.2, -0.15) is 0 Å². The third-order valence-electron chi connectivity index (χ3n) is 2.92. The number of halogens is 1. The minimum absolute atomic E-state index is 1.04. The largest absolute Gasteiger partial charge is 0.352 e. The van der Waals surface area contributed by atoms with Gasteiger partial charge in [-0.1, -0.05) is 0 Å². The van der Waals surface area contributed by atoms with Crippen LogP contribution in [0.5, 0.6) is 0 Å². The van der Waals surface area contributed by atoms with E-state index in [2.05, 4.69) is 51.0 Å². The van der Waals surface area contributed by atoms with Crippen molar-refractivity contribution in [3.05, 3.63) is 40.1 Å². The van der Waals surface area contributed by atoms with Gasteiger partial charge >= 0.3 is 0 Å². The van der Waals surface area contributed by atoms with Crippen LogP contribution in [0.2, 0.25) is 0 Å². The number of aromatic amines is 1. The van der Waals surface area contributed by atoms with Gasteiger partial charge in [0.05, 0.1) is 16.7 Å². The first kappa shape index (κ1) is 9.85. The molecule has 3 heteroatoms. The second-order valence-electron chi connectivity index (χ2n) is 4.11. The van der Waals surface area contributed by atoms with Crippen LogP contribution >= 0.6 is 15.9 Å². The van der Waals surface area contributed by atoms with Gasteiger partial charge in [0, 0.05) is 21.4 Å². The Kier molecular flexibility index (Phi) is 2.04. The zero-order chi connectivity index (χ0) is 11.3. The van der Waals surface area contributed by atoms with E-state index < -0.39 is 0 Å². The minimum atomic E-state index is 1.04. The molecule has 0 fully saturated rings. The highest BCUT2D eigenvalue weighted by atomic mass is 79.9. The second-order valence-corrected chi connectivity index (χ2v) is 4.97. The molecule has 0 aliphatic rings. The zero-order valence-electron chi connectivity index (χ0n) is 9.13. The van der Waals surface area contributed by atoms with Crippen LogP contribution in [0.25, 0.3) is 21.8 Å². The fraction of sp³-hybridized carbons (Fsp3) is 0.154. The van der Waals surface area contributed by atoms with E-state index in [1.807, 2.05) is 13.1 Å². The van der Waals surface area contributed by atoms with Crippen LogP contribution in [-0.4, -0.2) is 9.97 Å². The molecule has 1 aromatic carbocycles. The molecule has 16 heavy (non-hydrogen) atoms. The molecule has 0 radical (unpaired) electrons. The quantitative estimate of drug-likeness (QED) is 0.657. The predicted octanol–water partition coefficient (Wildman–Crippen LogP) is 4.10. The number of fused-ring (bicyclic) bond motifs is 3. The van der Waals surface area contributed by atoms with Gasteiger partial charge < -0.3 is 4.98 Å². The summed E-state index contributed by atoms with van der Waals surface area (Å²) in [5.41, 5.74) is 4.58. The molecule has 0 amide bonds.